The van der Waals surface area contributed by atoms with Gasteiger partial charge in [0.15, 0.2) is 0 Å². The number of amides is 3. The first-order valence-corrected chi connectivity index (χ1v) is 8.33. The summed E-state index contributed by atoms with van der Waals surface area (Å²) in [6.45, 7) is 3.83. The second-order valence-electron chi connectivity index (χ2n) is 5.43. The van der Waals surface area contributed by atoms with Gasteiger partial charge in [-0.25, -0.2) is 0 Å². The van der Waals surface area contributed by atoms with Crippen LogP contribution >= 0.6 is 15.9 Å². The van der Waals surface area contributed by atoms with Crippen LogP contribution in [-0.2, 0) is 9.59 Å². The number of benzene rings is 1. The zero-order chi connectivity index (χ0) is 16.8. The zero-order valence-electron chi connectivity index (χ0n) is 13.0. The molecule has 124 valence electrons. The number of nitrogens with one attached hydrogen (secondary N) is 1. The van der Waals surface area contributed by atoms with Crippen molar-refractivity contribution in [2.24, 2.45) is 0 Å². The van der Waals surface area contributed by atoms with Crippen molar-refractivity contribution < 1.29 is 14.4 Å². The van der Waals surface area contributed by atoms with Crippen molar-refractivity contribution in [2.45, 2.75) is 13.3 Å². The van der Waals surface area contributed by atoms with Crippen LogP contribution in [0.25, 0.3) is 0 Å². The highest BCUT2D eigenvalue weighted by atomic mass is 79.9. The molecule has 1 aromatic carbocycles. The maximum absolute atomic E-state index is 12.2. The van der Waals surface area contributed by atoms with Gasteiger partial charge in [0, 0.05) is 43.1 Å². The third-order valence-electron chi connectivity index (χ3n) is 3.78. The minimum absolute atomic E-state index is 0.0299. The van der Waals surface area contributed by atoms with Crippen molar-refractivity contribution in [2.75, 3.05) is 32.7 Å². The van der Waals surface area contributed by atoms with E-state index in [4.69, 9.17) is 0 Å². The molecule has 1 fully saturated rings. The van der Waals surface area contributed by atoms with Gasteiger partial charge in [0.2, 0.25) is 11.8 Å². The summed E-state index contributed by atoms with van der Waals surface area (Å²) < 4.78 is 0.813. The monoisotopic (exact) mass is 381 g/mol. The van der Waals surface area contributed by atoms with Gasteiger partial charge in [0.1, 0.15) is 0 Å². The molecule has 0 unspecified atom stereocenters. The predicted molar refractivity (Wildman–Crippen MR) is 89.9 cm³/mol. The van der Waals surface area contributed by atoms with Gasteiger partial charge in [-0.15, -0.1) is 0 Å². The van der Waals surface area contributed by atoms with Gasteiger partial charge >= 0.3 is 0 Å². The lowest BCUT2D eigenvalue weighted by atomic mass is 10.2. The van der Waals surface area contributed by atoms with Crippen molar-refractivity contribution in [3.63, 3.8) is 0 Å². The molecule has 1 aliphatic heterocycles. The summed E-state index contributed by atoms with van der Waals surface area (Å²) in [4.78, 5) is 39.1. The Labute approximate surface area is 143 Å². The summed E-state index contributed by atoms with van der Waals surface area (Å²) in [5.74, 6) is -0.374. The second-order valence-corrected chi connectivity index (χ2v) is 6.35. The normalized spacial score (nSPS) is 15.0. The molecule has 1 aromatic rings. The fraction of sp³-hybridized carbons (Fsp3) is 0.438. The topological polar surface area (TPSA) is 69.7 Å². The Morgan fingerprint density at radius 2 is 1.83 bits per heavy atom. The summed E-state index contributed by atoms with van der Waals surface area (Å²) >= 11 is 3.31. The number of carbonyl (C=O) groups excluding carboxylic acids is 3. The molecule has 0 atom stereocenters. The number of nitrogens with zero attached hydrogens (tertiary/aromatic N) is 2. The van der Waals surface area contributed by atoms with E-state index in [0.717, 1.165) is 10.9 Å². The van der Waals surface area contributed by atoms with Crippen molar-refractivity contribution in [3.8, 4) is 0 Å². The molecule has 7 heteroatoms. The van der Waals surface area contributed by atoms with Crippen LogP contribution in [0.5, 0.6) is 0 Å². The highest BCUT2D eigenvalue weighted by molar-refractivity contribution is 9.10. The van der Waals surface area contributed by atoms with Gasteiger partial charge in [-0.2, -0.15) is 0 Å². The first-order valence-electron chi connectivity index (χ1n) is 7.54. The highest BCUT2D eigenvalue weighted by Gasteiger charge is 2.20. The molecular formula is C16H20BrN3O3. The van der Waals surface area contributed by atoms with Crippen LogP contribution in [0, 0.1) is 0 Å². The SMILES string of the molecule is CC(=O)N1CCCN(C(=O)CNC(=O)c2cccc(Br)c2)CC1. The van der Waals surface area contributed by atoms with E-state index >= 15 is 0 Å². The molecule has 1 aliphatic rings. The summed E-state index contributed by atoms with van der Waals surface area (Å²) in [7, 11) is 0. The number of carbonyl (C=O) groups is 3. The Balaban J connectivity index is 1.85. The van der Waals surface area contributed by atoms with Gasteiger partial charge in [-0.3, -0.25) is 14.4 Å². The minimum Gasteiger partial charge on any atom is -0.343 e. The average Bonchev–Trinajstić information content (AvgIpc) is 2.78. The summed E-state index contributed by atoms with van der Waals surface area (Å²) in [5.41, 5.74) is 0.505. The molecule has 1 saturated heterocycles. The largest absolute Gasteiger partial charge is 0.343 e. The van der Waals surface area contributed by atoms with E-state index in [9.17, 15) is 14.4 Å². The lowest BCUT2D eigenvalue weighted by Gasteiger charge is -2.21. The summed E-state index contributed by atoms with van der Waals surface area (Å²) in [5, 5.41) is 2.65. The average molecular weight is 382 g/mol. The molecule has 1 N–H and O–H groups in total. The fourth-order valence-corrected chi connectivity index (χ4v) is 2.88. The molecule has 0 radical (unpaired) electrons. The standard InChI is InChI=1S/C16H20BrN3O3/c1-12(21)19-6-3-7-20(9-8-19)15(22)11-18-16(23)13-4-2-5-14(17)10-13/h2,4-5,10H,3,6-9,11H2,1H3,(H,18,23). The van der Waals surface area contributed by atoms with Crippen molar-refractivity contribution in [1.29, 1.82) is 0 Å². The van der Waals surface area contributed by atoms with Crippen molar-refractivity contribution >= 4 is 33.7 Å². The lowest BCUT2D eigenvalue weighted by Crippen LogP contribution is -2.42. The van der Waals surface area contributed by atoms with Crippen molar-refractivity contribution in [3.05, 3.63) is 34.3 Å². The first kappa shape index (κ1) is 17.5. The van der Waals surface area contributed by atoms with E-state index in [-0.39, 0.29) is 24.3 Å². The zero-order valence-corrected chi connectivity index (χ0v) is 14.6. The Bertz CT molecular complexity index is 606. The molecular weight excluding hydrogens is 362 g/mol. The van der Waals surface area contributed by atoms with Crippen LogP contribution in [0.2, 0.25) is 0 Å². The minimum atomic E-state index is -0.278. The number of rotatable bonds is 3. The molecule has 23 heavy (non-hydrogen) atoms. The van der Waals surface area contributed by atoms with Gasteiger partial charge in [-0.1, -0.05) is 22.0 Å². The van der Waals surface area contributed by atoms with Gasteiger partial charge in [0.05, 0.1) is 6.54 Å². The number of hydrogen-bond acceptors (Lipinski definition) is 3. The van der Waals surface area contributed by atoms with E-state index in [0.29, 0.717) is 31.7 Å². The third kappa shape index (κ3) is 5.06. The van der Waals surface area contributed by atoms with E-state index in [2.05, 4.69) is 21.2 Å². The van der Waals surface area contributed by atoms with Gasteiger partial charge in [0.25, 0.3) is 5.91 Å². The molecule has 6 nitrogen and oxygen atoms in total. The quantitative estimate of drug-likeness (QED) is 0.856. The van der Waals surface area contributed by atoms with Crippen LogP contribution < -0.4 is 5.32 Å². The van der Waals surface area contributed by atoms with Gasteiger partial charge in [-0.05, 0) is 24.6 Å². The molecule has 0 aromatic heterocycles. The molecule has 1 heterocycles. The van der Waals surface area contributed by atoms with E-state index in [1.165, 1.54) is 6.92 Å². The number of halogens is 1. The van der Waals surface area contributed by atoms with Crippen molar-refractivity contribution in [1.82, 2.24) is 15.1 Å². The van der Waals surface area contributed by atoms with E-state index < -0.39 is 0 Å². The predicted octanol–water partition coefficient (Wildman–Crippen LogP) is 1.26. The number of hydrogen-bond donors (Lipinski definition) is 1. The molecule has 0 spiro atoms. The molecule has 3 amide bonds. The molecule has 0 bridgehead atoms. The first-order chi connectivity index (χ1) is 11.0. The van der Waals surface area contributed by atoms with Crippen LogP contribution in [0.3, 0.4) is 0 Å². The Morgan fingerprint density at radius 3 is 2.52 bits per heavy atom. The summed E-state index contributed by atoms with van der Waals surface area (Å²) in [6, 6.07) is 7.00. The highest BCUT2D eigenvalue weighted by Crippen LogP contribution is 2.11. The lowest BCUT2D eigenvalue weighted by molar-refractivity contribution is -0.131. The molecule has 2 rings (SSSR count). The van der Waals surface area contributed by atoms with Gasteiger partial charge < -0.3 is 15.1 Å². The Morgan fingerprint density at radius 1 is 1.13 bits per heavy atom. The van der Waals surface area contributed by atoms with E-state index in [1.54, 1.807) is 28.0 Å². The van der Waals surface area contributed by atoms with Crippen LogP contribution in [-0.4, -0.2) is 60.2 Å². The Hall–Kier alpha value is -1.89. The molecule has 0 saturated carbocycles. The summed E-state index contributed by atoms with van der Waals surface area (Å²) in [6.07, 6.45) is 0.755. The molecule has 0 aliphatic carbocycles. The second kappa shape index (κ2) is 8.10. The maximum Gasteiger partial charge on any atom is 0.251 e. The smallest absolute Gasteiger partial charge is 0.251 e. The Kier molecular flexibility index (Phi) is 6.15. The van der Waals surface area contributed by atoms with Crippen LogP contribution in [0.15, 0.2) is 28.7 Å². The fourth-order valence-electron chi connectivity index (χ4n) is 2.48. The van der Waals surface area contributed by atoms with Crippen LogP contribution in [0.1, 0.15) is 23.7 Å². The van der Waals surface area contributed by atoms with Crippen LogP contribution in [0.4, 0.5) is 0 Å². The maximum atomic E-state index is 12.2. The van der Waals surface area contributed by atoms with E-state index in [1.807, 2.05) is 6.07 Å². The third-order valence-corrected chi connectivity index (χ3v) is 4.27.